The molecular formula is C6H8N2S. The maximum Gasteiger partial charge on any atom is 0.106 e. The Morgan fingerprint density at radius 1 is 1.67 bits per heavy atom. The lowest BCUT2D eigenvalue weighted by Gasteiger charge is -1.81. The van der Waals surface area contributed by atoms with Crippen LogP contribution in [0.3, 0.4) is 0 Å². The van der Waals surface area contributed by atoms with Gasteiger partial charge in [-0.05, 0) is 12.8 Å². The first-order valence-corrected chi connectivity index (χ1v) is 3.89. The van der Waals surface area contributed by atoms with E-state index in [2.05, 4.69) is 4.98 Å². The van der Waals surface area contributed by atoms with E-state index >= 15 is 0 Å². The lowest BCUT2D eigenvalue weighted by molar-refractivity contribution is 1.08. The Morgan fingerprint density at radius 3 is 2.89 bits per heavy atom. The van der Waals surface area contributed by atoms with Gasteiger partial charge in [0.05, 0.1) is 11.2 Å². The minimum absolute atomic E-state index is 0.757. The van der Waals surface area contributed by atoms with Crippen LogP contribution in [-0.4, -0.2) is 4.98 Å². The van der Waals surface area contributed by atoms with E-state index in [-0.39, 0.29) is 0 Å². The van der Waals surface area contributed by atoms with Crippen molar-refractivity contribution in [1.82, 2.24) is 4.98 Å². The summed E-state index contributed by atoms with van der Waals surface area (Å²) in [5.74, 6) is 0.757. The molecule has 9 heavy (non-hydrogen) atoms. The van der Waals surface area contributed by atoms with Gasteiger partial charge >= 0.3 is 0 Å². The molecule has 0 radical (unpaired) electrons. The summed E-state index contributed by atoms with van der Waals surface area (Å²) in [6.07, 6.45) is 4.37. The molecule has 0 unspecified atom stereocenters. The van der Waals surface area contributed by atoms with Crippen LogP contribution in [0.2, 0.25) is 0 Å². The standard InChI is InChI=1S/C6H8N2S/c7-5-3-8-6(9-5)4-1-2-4/h3-4H,1-2,7H2. The quantitative estimate of drug-likeness (QED) is 0.643. The summed E-state index contributed by atoms with van der Waals surface area (Å²) in [5.41, 5.74) is 5.50. The van der Waals surface area contributed by atoms with E-state index < -0.39 is 0 Å². The Bertz CT molecular complexity index is 215. The fraction of sp³-hybridized carbons (Fsp3) is 0.500. The molecule has 1 aliphatic carbocycles. The zero-order valence-corrected chi connectivity index (χ0v) is 5.82. The summed E-state index contributed by atoms with van der Waals surface area (Å²) in [6.45, 7) is 0. The molecule has 2 rings (SSSR count). The fourth-order valence-electron chi connectivity index (χ4n) is 0.820. The van der Waals surface area contributed by atoms with Crippen LogP contribution in [0.5, 0.6) is 0 Å². The van der Waals surface area contributed by atoms with Gasteiger partial charge in [-0.25, -0.2) is 4.98 Å². The van der Waals surface area contributed by atoms with Crippen LogP contribution in [0, 0.1) is 0 Å². The van der Waals surface area contributed by atoms with E-state index in [1.165, 1.54) is 17.8 Å². The molecule has 2 N–H and O–H groups in total. The molecule has 1 aliphatic rings. The Morgan fingerprint density at radius 2 is 2.44 bits per heavy atom. The maximum absolute atomic E-state index is 5.50. The van der Waals surface area contributed by atoms with Crippen molar-refractivity contribution < 1.29 is 0 Å². The number of nitrogens with two attached hydrogens (primary N) is 1. The number of thiazole rings is 1. The van der Waals surface area contributed by atoms with Gasteiger partial charge in [0.1, 0.15) is 5.00 Å². The maximum atomic E-state index is 5.50. The number of hydrogen-bond acceptors (Lipinski definition) is 3. The normalized spacial score (nSPS) is 18.2. The van der Waals surface area contributed by atoms with E-state index in [1.807, 2.05) is 0 Å². The van der Waals surface area contributed by atoms with Crippen LogP contribution < -0.4 is 5.73 Å². The zero-order chi connectivity index (χ0) is 6.27. The zero-order valence-electron chi connectivity index (χ0n) is 5.00. The van der Waals surface area contributed by atoms with E-state index in [0.29, 0.717) is 0 Å². The molecule has 0 spiro atoms. The number of rotatable bonds is 1. The fourth-order valence-corrected chi connectivity index (χ4v) is 1.67. The van der Waals surface area contributed by atoms with Crippen molar-refractivity contribution in [3.05, 3.63) is 11.2 Å². The highest BCUT2D eigenvalue weighted by atomic mass is 32.1. The lowest BCUT2D eigenvalue weighted by Crippen LogP contribution is -1.73. The molecule has 0 amide bonds. The second-order valence-corrected chi connectivity index (χ2v) is 3.47. The molecule has 2 nitrogen and oxygen atoms in total. The smallest absolute Gasteiger partial charge is 0.106 e. The SMILES string of the molecule is Nc1cnc(C2CC2)s1. The van der Waals surface area contributed by atoms with Gasteiger partial charge in [0.15, 0.2) is 0 Å². The lowest BCUT2D eigenvalue weighted by atomic mass is 10.5. The molecule has 0 saturated heterocycles. The first kappa shape index (κ1) is 5.23. The van der Waals surface area contributed by atoms with Crippen molar-refractivity contribution >= 4 is 16.3 Å². The molecule has 48 valence electrons. The Labute approximate surface area is 57.7 Å². The minimum atomic E-state index is 0.757. The summed E-state index contributed by atoms with van der Waals surface area (Å²) < 4.78 is 0. The highest BCUT2D eigenvalue weighted by molar-refractivity contribution is 7.15. The average molecular weight is 140 g/mol. The molecule has 1 fully saturated rings. The first-order valence-electron chi connectivity index (χ1n) is 3.07. The highest BCUT2D eigenvalue weighted by Crippen LogP contribution is 2.42. The van der Waals surface area contributed by atoms with Crippen molar-refractivity contribution in [2.24, 2.45) is 0 Å². The van der Waals surface area contributed by atoms with Crippen molar-refractivity contribution in [1.29, 1.82) is 0 Å². The van der Waals surface area contributed by atoms with E-state index in [9.17, 15) is 0 Å². The average Bonchev–Trinajstić information content (AvgIpc) is 2.58. The van der Waals surface area contributed by atoms with Crippen molar-refractivity contribution in [3.63, 3.8) is 0 Å². The summed E-state index contributed by atoms with van der Waals surface area (Å²) in [4.78, 5) is 4.17. The molecule has 1 aromatic rings. The summed E-state index contributed by atoms with van der Waals surface area (Å²) in [5, 5.41) is 2.07. The van der Waals surface area contributed by atoms with Crippen LogP contribution >= 0.6 is 11.3 Å². The van der Waals surface area contributed by atoms with Crippen LogP contribution in [-0.2, 0) is 0 Å². The van der Waals surface area contributed by atoms with Crippen molar-refractivity contribution in [2.45, 2.75) is 18.8 Å². The third-order valence-electron chi connectivity index (χ3n) is 1.47. The second kappa shape index (κ2) is 1.70. The number of anilines is 1. The van der Waals surface area contributed by atoms with Crippen molar-refractivity contribution in [3.8, 4) is 0 Å². The molecule has 1 aromatic heterocycles. The predicted octanol–water partition coefficient (Wildman–Crippen LogP) is 1.60. The molecule has 3 heteroatoms. The Hall–Kier alpha value is -0.570. The third kappa shape index (κ3) is 0.920. The molecule has 0 aromatic carbocycles. The number of aromatic nitrogens is 1. The third-order valence-corrected chi connectivity index (χ3v) is 2.46. The van der Waals surface area contributed by atoms with Gasteiger partial charge in [-0.1, -0.05) is 0 Å². The number of nitrogen functional groups attached to an aromatic ring is 1. The Kier molecular flexibility index (Phi) is 0.990. The van der Waals surface area contributed by atoms with E-state index in [1.54, 1.807) is 17.5 Å². The van der Waals surface area contributed by atoms with E-state index in [0.717, 1.165) is 10.9 Å². The second-order valence-electron chi connectivity index (χ2n) is 2.38. The summed E-state index contributed by atoms with van der Waals surface area (Å²) in [7, 11) is 0. The molecule has 0 atom stereocenters. The first-order chi connectivity index (χ1) is 4.36. The van der Waals surface area contributed by atoms with Gasteiger partial charge < -0.3 is 5.73 Å². The molecule has 0 bridgehead atoms. The van der Waals surface area contributed by atoms with Gasteiger partial charge in [0.2, 0.25) is 0 Å². The van der Waals surface area contributed by atoms with Crippen LogP contribution in [0.1, 0.15) is 23.8 Å². The molecule has 1 saturated carbocycles. The largest absolute Gasteiger partial charge is 0.389 e. The van der Waals surface area contributed by atoms with E-state index in [4.69, 9.17) is 5.73 Å². The number of nitrogens with zero attached hydrogens (tertiary/aromatic N) is 1. The monoisotopic (exact) mass is 140 g/mol. The molecular weight excluding hydrogens is 132 g/mol. The van der Waals surface area contributed by atoms with Gasteiger partial charge in [-0.2, -0.15) is 0 Å². The molecule has 1 heterocycles. The van der Waals surface area contributed by atoms with Gasteiger partial charge in [0, 0.05) is 5.92 Å². The van der Waals surface area contributed by atoms with Crippen molar-refractivity contribution in [2.75, 3.05) is 5.73 Å². The molecule has 0 aliphatic heterocycles. The van der Waals surface area contributed by atoms with Crippen LogP contribution in [0.15, 0.2) is 6.20 Å². The Balaban J connectivity index is 2.28. The topological polar surface area (TPSA) is 38.9 Å². The summed E-state index contributed by atoms with van der Waals surface area (Å²) in [6, 6.07) is 0. The van der Waals surface area contributed by atoms with Crippen LogP contribution in [0.4, 0.5) is 5.00 Å². The highest BCUT2D eigenvalue weighted by Gasteiger charge is 2.26. The van der Waals surface area contributed by atoms with Gasteiger partial charge in [-0.3, -0.25) is 0 Å². The predicted molar refractivity (Wildman–Crippen MR) is 38.5 cm³/mol. The minimum Gasteiger partial charge on any atom is -0.389 e. The van der Waals surface area contributed by atoms with Gasteiger partial charge in [0.25, 0.3) is 0 Å². The summed E-state index contributed by atoms with van der Waals surface area (Å²) >= 11 is 1.62. The van der Waals surface area contributed by atoms with Gasteiger partial charge in [-0.15, -0.1) is 11.3 Å². The van der Waals surface area contributed by atoms with Crippen LogP contribution in [0.25, 0.3) is 0 Å². The number of hydrogen-bond donors (Lipinski definition) is 1.